The first-order valence-electron chi connectivity index (χ1n) is 9.55. The number of nitrogens with one attached hydrogen (secondary N) is 2. The van der Waals surface area contributed by atoms with Gasteiger partial charge >= 0.3 is 0 Å². The van der Waals surface area contributed by atoms with Crippen LogP contribution in [-0.4, -0.2) is 63.0 Å². The van der Waals surface area contributed by atoms with Crippen molar-refractivity contribution in [1.82, 2.24) is 4.90 Å². The SMILES string of the molecule is CN(CC(=O)Nc1ccccc1Cl)C(=O)C[NH+]1CCN(c2ccc(F)cc2)CC1. The Morgan fingerprint density at radius 3 is 2.45 bits per heavy atom. The Bertz CT molecular complexity index is 854. The Hall–Kier alpha value is -2.64. The molecule has 29 heavy (non-hydrogen) atoms. The summed E-state index contributed by atoms with van der Waals surface area (Å²) in [6.07, 6.45) is 0. The molecule has 0 aliphatic carbocycles. The standard InChI is InChI=1S/C21H24ClFN4O2/c1-25(14-20(28)24-19-5-3-2-4-18(19)22)21(29)15-26-10-12-27(13-11-26)17-8-6-16(23)7-9-17/h2-9H,10-15H2,1H3,(H,24,28)/p+1. The second-order valence-electron chi connectivity index (χ2n) is 7.17. The number of halogens is 2. The van der Waals surface area contributed by atoms with Crippen molar-refractivity contribution < 1.29 is 18.9 Å². The number of quaternary nitrogens is 1. The molecule has 154 valence electrons. The lowest BCUT2D eigenvalue weighted by atomic mass is 10.2. The molecular weight excluding hydrogens is 395 g/mol. The zero-order chi connectivity index (χ0) is 20.8. The lowest BCUT2D eigenvalue weighted by Crippen LogP contribution is -3.15. The lowest BCUT2D eigenvalue weighted by molar-refractivity contribution is -0.892. The molecule has 2 aromatic rings. The third-order valence-corrected chi connectivity index (χ3v) is 5.35. The lowest BCUT2D eigenvalue weighted by Gasteiger charge is -2.33. The molecule has 1 aliphatic rings. The van der Waals surface area contributed by atoms with E-state index in [1.165, 1.54) is 21.9 Å². The van der Waals surface area contributed by atoms with E-state index in [1.54, 1.807) is 43.4 Å². The average molecular weight is 420 g/mol. The van der Waals surface area contributed by atoms with Crippen LogP contribution in [0, 0.1) is 5.82 Å². The highest BCUT2D eigenvalue weighted by Gasteiger charge is 2.24. The maximum Gasteiger partial charge on any atom is 0.277 e. The third kappa shape index (κ3) is 5.92. The molecule has 1 saturated heterocycles. The first kappa shape index (κ1) is 21.1. The maximum absolute atomic E-state index is 13.1. The van der Waals surface area contributed by atoms with Crippen molar-refractivity contribution in [3.63, 3.8) is 0 Å². The van der Waals surface area contributed by atoms with Gasteiger partial charge in [-0.2, -0.15) is 0 Å². The van der Waals surface area contributed by atoms with Crippen LogP contribution in [0.1, 0.15) is 0 Å². The topological polar surface area (TPSA) is 57.1 Å². The van der Waals surface area contributed by atoms with Gasteiger partial charge in [0.2, 0.25) is 5.91 Å². The summed E-state index contributed by atoms with van der Waals surface area (Å²) >= 11 is 6.04. The van der Waals surface area contributed by atoms with Crippen molar-refractivity contribution in [2.75, 3.05) is 56.5 Å². The minimum atomic E-state index is -0.287. The van der Waals surface area contributed by atoms with E-state index >= 15 is 0 Å². The molecule has 2 amide bonds. The molecule has 2 N–H and O–H groups in total. The maximum atomic E-state index is 13.1. The van der Waals surface area contributed by atoms with Crippen LogP contribution in [0.5, 0.6) is 0 Å². The Labute approximate surface area is 174 Å². The monoisotopic (exact) mass is 419 g/mol. The van der Waals surface area contributed by atoms with E-state index in [1.807, 2.05) is 0 Å². The molecule has 2 aromatic carbocycles. The van der Waals surface area contributed by atoms with Gasteiger partial charge in [0, 0.05) is 12.7 Å². The van der Waals surface area contributed by atoms with Gasteiger partial charge in [0.1, 0.15) is 5.82 Å². The van der Waals surface area contributed by atoms with Gasteiger partial charge in [-0.15, -0.1) is 0 Å². The van der Waals surface area contributed by atoms with Crippen molar-refractivity contribution in [2.45, 2.75) is 0 Å². The molecule has 1 heterocycles. The number of nitrogens with zero attached hydrogens (tertiary/aromatic N) is 2. The van der Waals surface area contributed by atoms with Crippen LogP contribution in [0.3, 0.4) is 0 Å². The fourth-order valence-corrected chi connectivity index (χ4v) is 3.50. The fraction of sp³-hybridized carbons (Fsp3) is 0.333. The van der Waals surface area contributed by atoms with E-state index in [0.29, 0.717) is 17.3 Å². The molecule has 8 heteroatoms. The Balaban J connectivity index is 1.43. The summed E-state index contributed by atoms with van der Waals surface area (Å²) in [6.45, 7) is 3.52. The summed E-state index contributed by atoms with van der Waals surface area (Å²) in [4.78, 5) is 29.5. The molecule has 0 saturated carbocycles. The quantitative estimate of drug-likeness (QED) is 0.741. The number of hydrogen-bond acceptors (Lipinski definition) is 3. The van der Waals surface area contributed by atoms with Crippen LogP contribution < -0.4 is 15.1 Å². The average Bonchev–Trinajstić information content (AvgIpc) is 2.71. The van der Waals surface area contributed by atoms with Crippen molar-refractivity contribution >= 4 is 34.8 Å². The molecule has 1 fully saturated rings. The normalized spacial score (nSPS) is 14.5. The van der Waals surface area contributed by atoms with E-state index in [-0.39, 0.29) is 24.2 Å². The van der Waals surface area contributed by atoms with Gasteiger partial charge in [0.05, 0.1) is 43.4 Å². The van der Waals surface area contributed by atoms with Crippen LogP contribution in [0.2, 0.25) is 5.02 Å². The number of anilines is 2. The number of para-hydroxylation sites is 1. The summed E-state index contributed by atoms with van der Waals surface area (Å²) in [6, 6.07) is 13.4. The van der Waals surface area contributed by atoms with Crippen molar-refractivity contribution in [3.05, 3.63) is 59.4 Å². The minimum absolute atomic E-state index is 0.0287. The molecule has 0 atom stereocenters. The number of piperazine rings is 1. The predicted octanol–water partition coefficient (Wildman–Crippen LogP) is 1.28. The van der Waals surface area contributed by atoms with Crippen LogP contribution in [-0.2, 0) is 9.59 Å². The highest BCUT2D eigenvalue weighted by molar-refractivity contribution is 6.33. The number of amides is 2. The fourth-order valence-electron chi connectivity index (χ4n) is 3.31. The number of benzene rings is 2. The Kier molecular flexibility index (Phi) is 7.06. The third-order valence-electron chi connectivity index (χ3n) is 5.02. The van der Waals surface area contributed by atoms with E-state index in [2.05, 4.69) is 10.2 Å². The van der Waals surface area contributed by atoms with E-state index in [0.717, 1.165) is 31.9 Å². The summed E-state index contributed by atoms with van der Waals surface area (Å²) < 4.78 is 13.1. The molecule has 1 aliphatic heterocycles. The molecule has 0 bridgehead atoms. The van der Waals surface area contributed by atoms with Crippen LogP contribution in [0.25, 0.3) is 0 Å². The van der Waals surface area contributed by atoms with Crippen molar-refractivity contribution in [2.24, 2.45) is 0 Å². The number of hydrogen-bond donors (Lipinski definition) is 2. The summed E-state index contributed by atoms with van der Waals surface area (Å²) in [5.41, 5.74) is 1.52. The van der Waals surface area contributed by atoms with Gasteiger partial charge < -0.3 is 20.0 Å². The second-order valence-corrected chi connectivity index (χ2v) is 7.58. The van der Waals surface area contributed by atoms with Crippen molar-refractivity contribution in [1.29, 1.82) is 0 Å². The Morgan fingerprint density at radius 1 is 1.14 bits per heavy atom. The van der Waals surface area contributed by atoms with Crippen LogP contribution in [0.4, 0.5) is 15.8 Å². The summed E-state index contributed by atoms with van der Waals surface area (Å²) in [5.74, 6) is -0.611. The largest absolute Gasteiger partial charge is 0.360 e. The zero-order valence-corrected chi connectivity index (χ0v) is 17.1. The van der Waals surface area contributed by atoms with Crippen LogP contribution in [0.15, 0.2) is 48.5 Å². The Morgan fingerprint density at radius 2 is 1.79 bits per heavy atom. The van der Waals surface area contributed by atoms with E-state index < -0.39 is 0 Å². The predicted molar refractivity (Wildman–Crippen MR) is 112 cm³/mol. The molecule has 0 unspecified atom stereocenters. The number of rotatable bonds is 6. The summed E-state index contributed by atoms with van der Waals surface area (Å²) in [7, 11) is 1.63. The van der Waals surface area contributed by atoms with Gasteiger partial charge in [-0.3, -0.25) is 9.59 Å². The molecule has 0 spiro atoms. The molecule has 0 aromatic heterocycles. The molecule has 6 nitrogen and oxygen atoms in total. The number of carbonyl (C=O) groups is 2. The zero-order valence-electron chi connectivity index (χ0n) is 16.3. The molecular formula is C21H25ClFN4O2+. The first-order valence-corrected chi connectivity index (χ1v) is 9.92. The number of likely N-dealkylation sites (N-methyl/N-ethyl adjacent to an activating group) is 1. The van der Waals surface area contributed by atoms with E-state index in [9.17, 15) is 14.0 Å². The highest BCUT2D eigenvalue weighted by Crippen LogP contribution is 2.20. The van der Waals surface area contributed by atoms with Gasteiger partial charge in [-0.25, -0.2) is 4.39 Å². The highest BCUT2D eigenvalue weighted by atomic mass is 35.5. The van der Waals surface area contributed by atoms with Crippen molar-refractivity contribution in [3.8, 4) is 0 Å². The van der Waals surface area contributed by atoms with Gasteiger partial charge in [0.25, 0.3) is 5.91 Å². The minimum Gasteiger partial charge on any atom is -0.360 e. The first-order chi connectivity index (χ1) is 13.9. The smallest absolute Gasteiger partial charge is 0.277 e. The number of carbonyl (C=O) groups excluding carboxylic acids is 2. The second kappa shape index (κ2) is 9.71. The van der Waals surface area contributed by atoms with E-state index in [4.69, 9.17) is 11.6 Å². The van der Waals surface area contributed by atoms with Gasteiger partial charge in [0.15, 0.2) is 6.54 Å². The summed E-state index contributed by atoms with van der Waals surface area (Å²) in [5, 5.41) is 3.18. The molecule has 3 rings (SSSR count). The van der Waals surface area contributed by atoms with Crippen LogP contribution >= 0.6 is 11.6 Å². The van der Waals surface area contributed by atoms with Gasteiger partial charge in [-0.1, -0.05) is 23.7 Å². The molecule has 0 radical (unpaired) electrons. The van der Waals surface area contributed by atoms with Gasteiger partial charge in [-0.05, 0) is 36.4 Å².